The summed E-state index contributed by atoms with van der Waals surface area (Å²) >= 11 is 0. The number of unbranched alkanes of at least 4 members (excludes halogenated alkanes) is 6. The molecule has 0 unspecified atom stereocenters. The zero-order valence-corrected chi connectivity index (χ0v) is 35.0. The number of esters is 1. The van der Waals surface area contributed by atoms with E-state index in [0.29, 0.717) is 13.0 Å². The lowest BCUT2D eigenvalue weighted by atomic mass is 9.81. The number of para-hydroxylation sites is 1. The van der Waals surface area contributed by atoms with Crippen LogP contribution < -0.4 is 10.0 Å². The molecule has 0 aromatic heterocycles. The molecule has 1 aliphatic carbocycles. The highest BCUT2D eigenvalue weighted by molar-refractivity contribution is 6.54. The van der Waals surface area contributed by atoms with Gasteiger partial charge in [0.05, 0.1) is 17.4 Å². The summed E-state index contributed by atoms with van der Waals surface area (Å²) in [4.78, 5) is 42.4. The summed E-state index contributed by atoms with van der Waals surface area (Å²) in [6, 6.07) is 14.8. The Morgan fingerprint density at radius 3 is 2.22 bits per heavy atom. The Balaban J connectivity index is 1.50. The highest BCUT2D eigenvalue weighted by Gasteiger charge is 2.46. The molecule has 0 saturated carbocycles. The molecule has 7 heteroatoms. The number of fused-ring (bicyclic) bond motifs is 2. The van der Waals surface area contributed by atoms with Crippen molar-refractivity contribution in [3.63, 3.8) is 0 Å². The predicted molar refractivity (Wildman–Crippen MR) is 221 cm³/mol. The number of ether oxygens (including phenoxy) is 1. The Hall–Kier alpha value is -4.26. The predicted octanol–water partition coefficient (Wildman–Crippen LogP) is 9.51. The number of Topliss-reactive ketones (excluding diaryl/α,β-unsaturated/α-hetero) is 2. The lowest BCUT2D eigenvalue weighted by Gasteiger charge is -2.28. The molecule has 0 fully saturated rings. The zero-order chi connectivity index (χ0) is 40.1. The van der Waals surface area contributed by atoms with Crippen molar-refractivity contribution in [3.8, 4) is 0 Å². The number of hydrogen-bond donors (Lipinski definition) is 0. The first-order chi connectivity index (χ1) is 26.1. The van der Waals surface area contributed by atoms with Crippen molar-refractivity contribution < 1.29 is 28.8 Å². The summed E-state index contributed by atoms with van der Waals surface area (Å²) in [5.74, 6) is -2.12. The lowest BCUT2D eigenvalue weighted by Crippen LogP contribution is -2.29. The van der Waals surface area contributed by atoms with Crippen LogP contribution in [-0.2, 0) is 36.4 Å². The Kier molecular flexibility index (Phi) is 13.1. The molecule has 2 aliphatic heterocycles. The van der Waals surface area contributed by atoms with E-state index >= 15 is 0 Å². The van der Waals surface area contributed by atoms with Crippen LogP contribution in [0.2, 0.25) is 0 Å². The van der Waals surface area contributed by atoms with Crippen LogP contribution in [0.25, 0.3) is 0 Å². The fourth-order valence-electron chi connectivity index (χ4n) is 8.23. The molecule has 2 heterocycles. The van der Waals surface area contributed by atoms with Gasteiger partial charge in [-0.2, -0.15) is 4.58 Å². The minimum atomic E-state index is -0.730. The van der Waals surface area contributed by atoms with E-state index < -0.39 is 33.6 Å². The van der Waals surface area contributed by atoms with Gasteiger partial charge >= 0.3 is 5.97 Å². The minimum absolute atomic E-state index is 0.0422. The van der Waals surface area contributed by atoms with Crippen molar-refractivity contribution >= 4 is 34.6 Å². The van der Waals surface area contributed by atoms with Gasteiger partial charge in [0.15, 0.2) is 5.71 Å². The smallest absolute Gasteiger partial charge is 0.311 e. The molecule has 0 saturated heterocycles. The standard InChI is InChI=1S/C48H64N2O5/c1-10-13-15-19-27-49-38-24-18-17-23-36(38)47(6,7)40(49)31-34-42(51)35(44(53)43(34)52)32-41-48(8,9)37-30-33(22-21-29-55-45(54)46(4,5)12-3)25-26-39(37)50(41)28-20-16-14-11-2/h17-18,23-26,30-32H,10-16,19-22,27-29H2,1-9H3. The highest BCUT2D eigenvalue weighted by atomic mass is 16.5. The molecule has 55 heavy (non-hydrogen) atoms. The monoisotopic (exact) mass is 748 g/mol. The topological polar surface area (TPSA) is 89.8 Å². The first-order valence-electron chi connectivity index (χ1n) is 20.9. The van der Waals surface area contributed by atoms with Crippen LogP contribution in [0.4, 0.5) is 11.4 Å². The van der Waals surface area contributed by atoms with Crippen LogP contribution in [0.1, 0.15) is 143 Å². The first-order valence-corrected chi connectivity index (χ1v) is 20.9. The Labute approximate surface area is 330 Å². The van der Waals surface area contributed by atoms with Crippen molar-refractivity contribution in [3.05, 3.63) is 93.9 Å². The Bertz CT molecular complexity index is 1920. The molecule has 0 bridgehead atoms. The van der Waals surface area contributed by atoms with Gasteiger partial charge in [-0.05, 0) is 83.1 Å². The summed E-state index contributed by atoms with van der Waals surface area (Å²) in [6.45, 7) is 20.6. The van der Waals surface area contributed by atoms with Gasteiger partial charge in [-0.3, -0.25) is 14.4 Å². The van der Waals surface area contributed by atoms with Crippen molar-refractivity contribution in [1.82, 2.24) is 0 Å². The third-order valence-corrected chi connectivity index (χ3v) is 12.3. The number of carbonyl (C=O) groups is 3. The maximum atomic E-state index is 14.3. The summed E-state index contributed by atoms with van der Waals surface area (Å²) in [7, 11) is 0. The van der Waals surface area contributed by atoms with E-state index in [4.69, 9.17) is 4.74 Å². The first kappa shape index (κ1) is 41.9. The zero-order valence-electron chi connectivity index (χ0n) is 35.0. The summed E-state index contributed by atoms with van der Waals surface area (Å²) in [6.07, 6.45) is 14.3. The molecular weight excluding hydrogens is 685 g/mol. The lowest BCUT2D eigenvalue weighted by molar-refractivity contribution is -0.438. The third-order valence-electron chi connectivity index (χ3n) is 12.3. The molecule has 0 amide bonds. The van der Waals surface area contributed by atoms with E-state index in [9.17, 15) is 19.5 Å². The third kappa shape index (κ3) is 8.46. The molecule has 7 nitrogen and oxygen atoms in total. The van der Waals surface area contributed by atoms with E-state index in [1.54, 1.807) is 12.2 Å². The number of nitrogens with zero attached hydrogens (tertiary/aromatic N) is 2. The molecule has 0 N–H and O–H groups in total. The van der Waals surface area contributed by atoms with Crippen LogP contribution >= 0.6 is 0 Å². The van der Waals surface area contributed by atoms with Gasteiger partial charge in [0, 0.05) is 58.6 Å². The number of hydrogen-bond acceptors (Lipinski definition) is 6. The second-order valence-corrected chi connectivity index (χ2v) is 17.4. The molecule has 2 aromatic carbocycles. The van der Waals surface area contributed by atoms with Gasteiger partial charge in [0.1, 0.15) is 6.54 Å². The Morgan fingerprint density at radius 1 is 0.836 bits per heavy atom. The number of ketones is 2. The molecule has 0 atom stereocenters. The SMILES string of the molecule is CCCCCCN1C(=CC2=C([O-])C(=CC3=[N+](CCCCCC)c4ccccc4C3(C)C)C(=O)C2=O)C(C)(C)c2cc(CCCOC(=O)C(C)(C)CC)ccc21. The molecule has 5 rings (SSSR count). The van der Waals surface area contributed by atoms with Crippen LogP contribution in [0, 0.1) is 5.41 Å². The minimum Gasteiger partial charge on any atom is -0.871 e. The average Bonchev–Trinajstić information content (AvgIpc) is 3.60. The average molecular weight is 749 g/mol. The quantitative estimate of drug-likeness (QED) is 0.0496. The van der Waals surface area contributed by atoms with E-state index in [2.05, 4.69) is 81.3 Å². The largest absolute Gasteiger partial charge is 0.871 e. The maximum Gasteiger partial charge on any atom is 0.311 e. The van der Waals surface area contributed by atoms with Crippen LogP contribution in [0.3, 0.4) is 0 Å². The molecule has 2 aromatic rings. The number of carbonyl (C=O) groups excluding carboxylic acids is 3. The van der Waals surface area contributed by atoms with Crippen LogP contribution in [-0.4, -0.2) is 47.5 Å². The van der Waals surface area contributed by atoms with E-state index in [0.717, 1.165) is 117 Å². The molecule has 296 valence electrons. The Morgan fingerprint density at radius 2 is 1.53 bits per heavy atom. The van der Waals surface area contributed by atoms with Gasteiger partial charge < -0.3 is 14.7 Å². The normalized spacial score (nSPS) is 19.0. The van der Waals surface area contributed by atoms with Crippen molar-refractivity contribution in [1.29, 1.82) is 0 Å². The number of benzene rings is 2. The fourth-order valence-corrected chi connectivity index (χ4v) is 8.23. The number of anilines is 1. The van der Waals surface area contributed by atoms with Gasteiger partial charge in [-0.25, -0.2) is 0 Å². The summed E-state index contributed by atoms with van der Waals surface area (Å²) in [5.41, 5.74) is 5.74. The maximum absolute atomic E-state index is 14.3. The highest BCUT2D eigenvalue weighted by Crippen LogP contribution is 2.49. The van der Waals surface area contributed by atoms with Gasteiger partial charge in [0.2, 0.25) is 17.3 Å². The summed E-state index contributed by atoms with van der Waals surface area (Å²) in [5, 5.41) is 14.3. The van der Waals surface area contributed by atoms with Crippen molar-refractivity contribution in [2.45, 2.75) is 144 Å². The molecule has 0 spiro atoms. The van der Waals surface area contributed by atoms with E-state index in [-0.39, 0.29) is 17.1 Å². The summed E-state index contributed by atoms with van der Waals surface area (Å²) < 4.78 is 7.86. The van der Waals surface area contributed by atoms with Gasteiger partial charge in [-0.1, -0.05) is 103 Å². The van der Waals surface area contributed by atoms with Crippen LogP contribution in [0.15, 0.2) is 77.2 Å². The fraction of sp³-hybridized carbons (Fsp3) is 0.542. The van der Waals surface area contributed by atoms with Crippen molar-refractivity contribution in [2.24, 2.45) is 5.41 Å². The number of aryl methyl sites for hydroxylation is 1. The van der Waals surface area contributed by atoms with Gasteiger partial charge in [-0.15, -0.1) is 0 Å². The molecule has 0 radical (unpaired) electrons. The van der Waals surface area contributed by atoms with E-state index in [1.807, 2.05) is 32.9 Å². The molecule has 3 aliphatic rings. The number of rotatable bonds is 18. The molecular formula is C48H64N2O5. The van der Waals surface area contributed by atoms with Gasteiger partial charge in [0.25, 0.3) is 0 Å². The van der Waals surface area contributed by atoms with E-state index in [1.165, 1.54) is 0 Å². The van der Waals surface area contributed by atoms with Crippen LogP contribution in [0.5, 0.6) is 0 Å². The number of allylic oxidation sites excluding steroid dienone is 5. The second kappa shape index (κ2) is 17.3. The van der Waals surface area contributed by atoms with Crippen molar-refractivity contribution in [2.75, 3.05) is 24.6 Å². The second-order valence-electron chi connectivity index (χ2n) is 17.4.